The Hall–Kier alpha value is -2.38. The van der Waals surface area contributed by atoms with Gasteiger partial charge in [-0.05, 0) is 12.1 Å². The second kappa shape index (κ2) is 4.56. The van der Waals surface area contributed by atoms with Crippen molar-refractivity contribution in [3.05, 3.63) is 47.8 Å². The molecule has 0 amide bonds. The number of aromatic nitrogens is 2. The zero-order valence-corrected chi connectivity index (χ0v) is 10.6. The van der Waals surface area contributed by atoms with Gasteiger partial charge in [0.2, 0.25) is 0 Å². The van der Waals surface area contributed by atoms with E-state index in [2.05, 4.69) is 9.97 Å². The quantitative estimate of drug-likeness (QED) is 0.439. The maximum atomic E-state index is 12.7. The van der Waals surface area contributed by atoms with Gasteiger partial charge in [0.15, 0.2) is 0 Å². The Labute approximate surface area is 119 Å². The average Bonchev–Trinajstić information content (AvgIpc) is 2.44. The predicted octanol–water partition coefficient (Wildman–Crippen LogP) is 4.82. The highest BCUT2D eigenvalue weighted by Gasteiger charge is 2.34. The molecule has 0 aliphatic heterocycles. The van der Waals surface area contributed by atoms with E-state index >= 15 is 0 Å². The fraction of sp³-hybridized carbons (Fsp3) is 0.143. The van der Waals surface area contributed by atoms with Crippen molar-refractivity contribution >= 4 is 21.8 Å². The predicted molar refractivity (Wildman–Crippen MR) is 67.0 cm³/mol. The van der Waals surface area contributed by atoms with Crippen LogP contribution in [0.15, 0.2) is 36.4 Å². The standard InChI is InChI=1S/C14H6F6N2/c15-13(16,17)9-5-3-7-1-2-8-4-6-10(14(18,19)20)22-12(8)11(7)21-9/h1-6H. The van der Waals surface area contributed by atoms with Crippen LogP contribution in [0.5, 0.6) is 0 Å². The van der Waals surface area contributed by atoms with Crippen molar-refractivity contribution in [1.29, 1.82) is 0 Å². The number of rotatable bonds is 0. The van der Waals surface area contributed by atoms with Gasteiger partial charge in [-0.2, -0.15) is 26.3 Å². The van der Waals surface area contributed by atoms with Crippen LogP contribution in [-0.2, 0) is 12.4 Å². The second-order valence-corrected chi connectivity index (χ2v) is 4.60. The summed E-state index contributed by atoms with van der Waals surface area (Å²) in [6.07, 6.45) is -9.37. The van der Waals surface area contributed by atoms with E-state index in [4.69, 9.17) is 0 Å². The fourth-order valence-electron chi connectivity index (χ4n) is 2.08. The lowest BCUT2D eigenvalue weighted by Crippen LogP contribution is -2.09. The van der Waals surface area contributed by atoms with E-state index in [-0.39, 0.29) is 21.8 Å². The van der Waals surface area contributed by atoms with Gasteiger partial charge in [-0.1, -0.05) is 24.3 Å². The molecule has 22 heavy (non-hydrogen) atoms. The molecule has 3 aromatic rings. The first kappa shape index (κ1) is 14.6. The van der Waals surface area contributed by atoms with E-state index in [0.29, 0.717) is 0 Å². The molecule has 0 bridgehead atoms. The molecule has 2 aromatic heterocycles. The molecule has 8 heteroatoms. The van der Waals surface area contributed by atoms with Gasteiger partial charge >= 0.3 is 12.4 Å². The maximum absolute atomic E-state index is 12.7. The summed E-state index contributed by atoms with van der Waals surface area (Å²) in [6, 6.07) is 6.85. The molecule has 114 valence electrons. The Bertz CT molecular complexity index is 794. The van der Waals surface area contributed by atoms with E-state index < -0.39 is 23.7 Å². The van der Waals surface area contributed by atoms with Crippen molar-refractivity contribution in [1.82, 2.24) is 9.97 Å². The number of fused-ring (bicyclic) bond motifs is 3. The molecule has 0 unspecified atom stereocenters. The average molecular weight is 316 g/mol. The first-order valence-electron chi connectivity index (χ1n) is 6.01. The highest BCUT2D eigenvalue weighted by molar-refractivity contribution is 6.02. The highest BCUT2D eigenvalue weighted by atomic mass is 19.4. The summed E-state index contributed by atoms with van der Waals surface area (Å²) >= 11 is 0. The summed E-state index contributed by atoms with van der Waals surface area (Å²) in [5.74, 6) is 0. The van der Waals surface area contributed by atoms with Crippen molar-refractivity contribution in [2.75, 3.05) is 0 Å². The van der Waals surface area contributed by atoms with Crippen molar-refractivity contribution in [2.45, 2.75) is 12.4 Å². The fourth-order valence-corrected chi connectivity index (χ4v) is 2.08. The van der Waals surface area contributed by atoms with Gasteiger partial charge in [-0.15, -0.1) is 0 Å². The van der Waals surface area contributed by atoms with Gasteiger partial charge in [0.1, 0.15) is 11.4 Å². The van der Waals surface area contributed by atoms with Gasteiger partial charge in [0.25, 0.3) is 0 Å². The monoisotopic (exact) mass is 316 g/mol. The van der Waals surface area contributed by atoms with E-state index in [1.54, 1.807) is 0 Å². The Balaban J connectivity index is 2.36. The van der Waals surface area contributed by atoms with Crippen molar-refractivity contribution in [2.24, 2.45) is 0 Å². The highest BCUT2D eigenvalue weighted by Crippen LogP contribution is 2.33. The number of halogens is 6. The number of hydrogen-bond acceptors (Lipinski definition) is 2. The van der Waals surface area contributed by atoms with Crippen molar-refractivity contribution < 1.29 is 26.3 Å². The van der Waals surface area contributed by atoms with Crippen molar-refractivity contribution in [3.8, 4) is 0 Å². The molecule has 2 nitrogen and oxygen atoms in total. The van der Waals surface area contributed by atoms with Crippen LogP contribution in [-0.4, -0.2) is 9.97 Å². The topological polar surface area (TPSA) is 25.8 Å². The zero-order valence-electron chi connectivity index (χ0n) is 10.6. The van der Waals surface area contributed by atoms with Crippen LogP contribution in [0.25, 0.3) is 21.8 Å². The molecular formula is C14H6F6N2. The molecule has 0 saturated carbocycles. The third-order valence-corrected chi connectivity index (χ3v) is 3.10. The van der Waals surface area contributed by atoms with Crippen LogP contribution in [0.1, 0.15) is 11.4 Å². The summed E-state index contributed by atoms with van der Waals surface area (Å²) in [4.78, 5) is 6.89. The summed E-state index contributed by atoms with van der Waals surface area (Å²) in [7, 11) is 0. The van der Waals surface area contributed by atoms with E-state index in [1.165, 1.54) is 12.1 Å². The lowest BCUT2D eigenvalue weighted by atomic mass is 10.1. The molecule has 2 heterocycles. The molecule has 0 aliphatic rings. The minimum absolute atomic E-state index is 0.210. The van der Waals surface area contributed by atoms with Gasteiger partial charge in [-0.3, -0.25) is 0 Å². The van der Waals surface area contributed by atoms with Crippen molar-refractivity contribution in [3.63, 3.8) is 0 Å². The Morgan fingerprint density at radius 2 is 0.864 bits per heavy atom. The van der Waals surface area contributed by atoms with E-state index in [0.717, 1.165) is 24.3 Å². The normalized spacial score (nSPS) is 13.0. The molecule has 0 N–H and O–H groups in total. The molecule has 1 aromatic carbocycles. The maximum Gasteiger partial charge on any atom is 0.433 e. The molecule has 3 rings (SSSR count). The molecule has 0 aliphatic carbocycles. The minimum atomic E-state index is -4.68. The van der Waals surface area contributed by atoms with Crippen LogP contribution >= 0.6 is 0 Å². The molecule has 0 spiro atoms. The third-order valence-electron chi connectivity index (χ3n) is 3.10. The number of alkyl halides is 6. The number of pyridine rings is 2. The number of benzene rings is 1. The molecule has 0 atom stereocenters. The summed E-state index contributed by atoms with van der Waals surface area (Å²) in [6.45, 7) is 0. The molecule has 0 saturated heterocycles. The molecule has 0 radical (unpaired) electrons. The summed E-state index contributed by atoms with van der Waals surface area (Å²) in [5, 5.41) is 0.569. The minimum Gasteiger partial charge on any atom is -0.241 e. The Morgan fingerprint density at radius 1 is 0.545 bits per heavy atom. The lowest BCUT2D eigenvalue weighted by molar-refractivity contribution is -0.141. The van der Waals surface area contributed by atoms with Crippen LogP contribution < -0.4 is 0 Å². The van der Waals surface area contributed by atoms with E-state index in [1.807, 2.05) is 0 Å². The second-order valence-electron chi connectivity index (χ2n) is 4.60. The largest absolute Gasteiger partial charge is 0.433 e. The van der Waals surface area contributed by atoms with Crippen LogP contribution in [0.3, 0.4) is 0 Å². The van der Waals surface area contributed by atoms with Gasteiger partial charge in [0, 0.05) is 10.8 Å². The van der Waals surface area contributed by atoms with Crippen LogP contribution in [0.4, 0.5) is 26.3 Å². The lowest BCUT2D eigenvalue weighted by Gasteiger charge is -2.10. The first-order chi connectivity index (χ1) is 10.2. The van der Waals surface area contributed by atoms with Crippen LogP contribution in [0.2, 0.25) is 0 Å². The van der Waals surface area contributed by atoms with Gasteiger partial charge in [0.05, 0.1) is 11.0 Å². The molecule has 0 fully saturated rings. The summed E-state index contributed by atoms with van der Waals surface area (Å²) < 4.78 is 76.3. The van der Waals surface area contributed by atoms with Crippen LogP contribution in [0, 0.1) is 0 Å². The molecular weight excluding hydrogens is 310 g/mol. The summed E-state index contributed by atoms with van der Waals surface area (Å²) in [5.41, 5.74) is -2.77. The van der Waals surface area contributed by atoms with Gasteiger partial charge < -0.3 is 0 Å². The first-order valence-corrected chi connectivity index (χ1v) is 6.01. The SMILES string of the molecule is FC(F)(F)c1ccc2ccc3ccc(C(F)(F)F)nc3c2n1. The zero-order chi connectivity index (χ0) is 16.1. The number of nitrogens with zero attached hydrogens (tertiary/aromatic N) is 2. The third kappa shape index (κ3) is 2.44. The smallest absolute Gasteiger partial charge is 0.241 e. The number of hydrogen-bond donors (Lipinski definition) is 0. The Morgan fingerprint density at radius 3 is 1.18 bits per heavy atom. The Kier molecular flexibility index (Phi) is 3.01. The van der Waals surface area contributed by atoms with E-state index in [9.17, 15) is 26.3 Å². The van der Waals surface area contributed by atoms with Gasteiger partial charge in [-0.25, -0.2) is 9.97 Å².